The van der Waals surface area contributed by atoms with E-state index in [0.717, 1.165) is 28.3 Å². The first-order valence-corrected chi connectivity index (χ1v) is 12.7. The van der Waals surface area contributed by atoms with Gasteiger partial charge in [-0.25, -0.2) is 14.8 Å². The van der Waals surface area contributed by atoms with Gasteiger partial charge in [0.25, 0.3) is 5.91 Å². The summed E-state index contributed by atoms with van der Waals surface area (Å²) in [6.45, 7) is 4.48. The molecule has 1 aliphatic heterocycles. The minimum Gasteiger partial charge on any atom is -0.497 e. The fourth-order valence-electron chi connectivity index (χ4n) is 4.35. The maximum atomic E-state index is 12.7. The van der Waals surface area contributed by atoms with Gasteiger partial charge < -0.3 is 29.7 Å². The van der Waals surface area contributed by atoms with Crippen LogP contribution in [0, 0.1) is 6.92 Å². The molecule has 2 N–H and O–H groups in total. The van der Waals surface area contributed by atoms with E-state index in [1.165, 1.54) is 0 Å². The van der Waals surface area contributed by atoms with Crippen molar-refractivity contribution in [2.75, 3.05) is 51.9 Å². The number of aromatic nitrogens is 3. The Hall–Kier alpha value is -4.64. The molecule has 3 heterocycles. The van der Waals surface area contributed by atoms with E-state index in [4.69, 9.17) is 14.2 Å². The Morgan fingerprint density at radius 2 is 1.97 bits per heavy atom. The predicted octanol–water partition coefficient (Wildman–Crippen LogP) is 3.66. The van der Waals surface area contributed by atoms with Gasteiger partial charge in [-0.3, -0.25) is 9.20 Å². The second-order valence-electron chi connectivity index (χ2n) is 8.97. The smallest absolute Gasteiger partial charge is 0.410 e. The zero-order chi connectivity index (χ0) is 27.2. The summed E-state index contributed by atoms with van der Waals surface area (Å²) < 4.78 is 17.6. The average molecular weight is 531 g/mol. The van der Waals surface area contributed by atoms with Crippen molar-refractivity contribution in [1.29, 1.82) is 0 Å². The Labute approximate surface area is 225 Å². The van der Waals surface area contributed by atoms with E-state index in [1.807, 2.05) is 60.1 Å². The number of benzene rings is 2. The molecule has 0 aliphatic carbocycles. The molecule has 11 heteroatoms. The fraction of sp³-hybridized carbons (Fsp3) is 0.286. The Bertz CT molecular complexity index is 1470. The monoisotopic (exact) mass is 530 g/mol. The lowest BCUT2D eigenvalue weighted by atomic mass is 10.1. The molecule has 11 nitrogen and oxygen atoms in total. The van der Waals surface area contributed by atoms with Crippen molar-refractivity contribution in [3.63, 3.8) is 0 Å². The van der Waals surface area contributed by atoms with Crippen molar-refractivity contribution in [3.8, 4) is 17.0 Å². The Kier molecular flexibility index (Phi) is 7.88. The highest BCUT2D eigenvalue weighted by Crippen LogP contribution is 2.27. The molecule has 0 saturated carbocycles. The first kappa shape index (κ1) is 26.0. The molecule has 0 radical (unpaired) electrons. The number of nitrogens with one attached hydrogen (secondary N) is 2. The zero-order valence-electron chi connectivity index (χ0n) is 21.8. The van der Waals surface area contributed by atoms with Crippen LogP contribution >= 0.6 is 0 Å². The molecule has 0 atom stereocenters. The number of aryl methyl sites for hydroxylation is 1. The molecule has 0 unspecified atom stereocenters. The van der Waals surface area contributed by atoms with Crippen molar-refractivity contribution >= 4 is 29.2 Å². The van der Waals surface area contributed by atoms with Gasteiger partial charge in [0.05, 0.1) is 38.8 Å². The number of rotatable bonds is 11. The second-order valence-corrected chi connectivity index (χ2v) is 8.97. The van der Waals surface area contributed by atoms with Gasteiger partial charge in [0.2, 0.25) is 0 Å². The number of ether oxygens (including phenoxy) is 3. The van der Waals surface area contributed by atoms with E-state index in [2.05, 4.69) is 20.6 Å². The van der Waals surface area contributed by atoms with Crippen LogP contribution in [-0.2, 0) is 9.47 Å². The molecular weight excluding hydrogens is 500 g/mol. The third kappa shape index (κ3) is 5.93. The molecule has 1 aliphatic rings. The first-order valence-electron chi connectivity index (χ1n) is 12.7. The summed E-state index contributed by atoms with van der Waals surface area (Å²) in [5.41, 5.74) is 4.82. The van der Waals surface area contributed by atoms with Gasteiger partial charge in [-0.1, -0.05) is 0 Å². The molecule has 2 aromatic carbocycles. The van der Waals surface area contributed by atoms with Crippen LogP contribution in [0.5, 0.6) is 5.75 Å². The maximum absolute atomic E-state index is 12.7. The highest BCUT2D eigenvalue weighted by molar-refractivity contribution is 5.96. The number of hydrogen-bond acceptors (Lipinski definition) is 8. The highest BCUT2D eigenvalue weighted by atomic mass is 16.6. The van der Waals surface area contributed by atoms with Crippen molar-refractivity contribution in [3.05, 3.63) is 72.2 Å². The van der Waals surface area contributed by atoms with Gasteiger partial charge in [-0.2, -0.15) is 0 Å². The van der Waals surface area contributed by atoms with Crippen LogP contribution < -0.4 is 15.4 Å². The number of carbonyl (C=O) groups excluding carboxylic acids is 2. The number of nitrogens with zero attached hydrogens (tertiary/aromatic N) is 4. The quantitative estimate of drug-likeness (QED) is 0.282. The molecule has 2 aromatic heterocycles. The number of carbonyl (C=O) groups is 2. The Morgan fingerprint density at radius 1 is 1.13 bits per heavy atom. The Balaban J connectivity index is 1.18. The minimum absolute atomic E-state index is 0.177. The van der Waals surface area contributed by atoms with Crippen LogP contribution in [0.2, 0.25) is 0 Å². The van der Waals surface area contributed by atoms with E-state index >= 15 is 0 Å². The molecule has 0 spiro atoms. The van der Waals surface area contributed by atoms with Gasteiger partial charge in [0.1, 0.15) is 12.4 Å². The predicted molar refractivity (Wildman–Crippen MR) is 146 cm³/mol. The summed E-state index contributed by atoms with van der Waals surface area (Å²) in [4.78, 5) is 34.8. The fourth-order valence-corrected chi connectivity index (χ4v) is 4.35. The number of fused-ring (bicyclic) bond motifs is 1. The molecule has 4 aromatic rings. The third-order valence-corrected chi connectivity index (χ3v) is 6.43. The minimum atomic E-state index is -0.309. The van der Waals surface area contributed by atoms with E-state index < -0.39 is 0 Å². The molecule has 1 saturated heterocycles. The van der Waals surface area contributed by atoms with Gasteiger partial charge in [-0.05, 0) is 55.0 Å². The van der Waals surface area contributed by atoms with Crippen molar-refractivity contribution in [2.24, 2.45) is 0 Å². The molecule has 2 amide bonds. The van der Waals surface area contributed by atoms with E-state index in [9.17, 15) is 9.59 Å². The van der Waals surface area contributed by atoms with E-state index in [0.29, 0.717) is 56.5 Å². The number of hydrogen-bond donors (Lipinski definition) is 2. The number of imidazole rings is 1. The van der Waals surface area contributed by atoms with Crippen molar-refractivity contribution in [2.45, 2.75) is 6.92 Å². The van der Waals surface area contributed by atoms with Crippen LogP contribution in [0.3, 0.4) is 0 Å². The van der Waals surface area contributed by atoms with Crippen LogP contribution in [0.15, 0.2) is 61.1 Å². The summed E-state index contributed by atoms with van der Waals surface area (Å²) in [7, 11) is 1.64. The number of cyclic esters (lactones) is 1. The van der Waals surface area contributed by atoms with Crippen molar-refractivity contribution in [1.82, 2.24) is 24.6 Å². The van der Waals surface area contributed by atoms with Gasteiger partial charge >= 0.3 is 6.09 Å². The first-order chi connectivity index (χ1) is 19.0. The number of methoxy groups -OCH3 is 1. The van der Waals surface area contributed by atoms with E-state index in [-0.39, 0.29) is 12.0 Å². The van der Waals surface area contributed by atoms with Crippen LogP contribution in [0.25, 0.3) is 16.9 Å². The second kappa shape index (κ2) is 11.8. The average Bonchev–Trinajstić information content (AvgIpc) is 3.57. The molecule has 5 rings (SSSR count). The lowest BCUT2D eigenvalue weighted by Crippen LogP contribution is -2.31. The van der Waals surface area contributed by atoms with Gasteiger partial charge in [-0.15, -0.1) is 0 Å². The summed E-state index contributed by atoms with van der Waals surface area (Å²) in [5, 5.41) is 6.20. The summed E-state index contributed by atoms with van der Waals surface area (Å²) in [6.07, 6.45) is 5.09. The largest absolute Gasteiger partial charge is 0.497 e. The third-order valence-electron chi connectivity index (χ3n) is 6.43. The van der Waals surface area contributed by atoms with Gasteiger partial charge in [0, 0.05) is 42.3 Å². The highest BCUT2D eigenvalue weighted by Gasteiger charge is 2.21. The molecule has 202 valence electrons. The van der Waals surface area contributed by atoms with Crippen LogP contribution in [0.1, 0.15) is 15.9 Å². The topological polar surface area (TPSA) is 119 Å². The SMILES string of the molecule is COc1ccc(-c2cnc3c(Nc4ccc(C(=O)NCCOCCN5CCOC5=O)c(C)c4)nccn23)cc1. The lowest BCUT2D eigenvalue weighted by molar-refractivity contribution is 0.0895. The standard InChI is InChI=1S/C28H30N6O5/c1-19-17-21(5-8-23(19)27(35)30-10-14-38-15-12-33-13-16-39-28(33)36)32-25-26-31-18-24(34(26)11-9-29-25)20-3-6-22(37-2)7-4-20/h3-9,11,17-18H,10,12-16H2,1-2H3,(H,29,32)(H,30,35). The van der Waals surface area contributed by atoms with Gasteiger partial charge in [0.15, 0.2) is 11.5 Å². The van der Waals surface area contributed by atoms with Crippen molar-refractivity contribution < 1.29 is 23.8 Å². The normalized spacial score (nSPS) is 13.0. The number of amides is 2. The molecular formula is C28H30N6O5. The summed E-state index contributed by atoms with van der Waals surface area (Å²) in [5.74, 6) is 1.22. The Morgan fingerprint density at radius 3 is 2.72 bits per heavy atom. The van der Waals surface area contributed by atoms with Crippen LogP contribution in [-0.4, -0.2) is 77.8 Å². The zero-order valence-corrected chi connectivity index (χ0v) is 21.8. The van der Waals surface area contributed by atoms with Crippen LogP contribution in [0.4, 0.5) is 16.3 Å². The summed E-state index contributed by atoms with van der Waals surface area (Å²) in [6, 6.07) is 13.3. The lowest BCUT2D eigenvalue weighted by Gasteiger charge is -2.13. The summed E-state index contributed by atoms with van der Waals surface area (Å²) >= 11 is 0. The molecule has 0 bridgehead atoms. The molecule has 39 heavy (non-hydrogen) atoms. The number of anilines is 2. The van der Waals surface area contributed by atoms with E-state index in [1.54, 1.807) is 24.3 Å². The maximum Gasteiger partial charge on any atom is 0.410 e. The molecule has 1 fully saturated rings.